The molecule has 4 aliphatic rings. The summed E-state index contributed by atoms with van der Waals surface area (Å²) >= 11 is 0. The third kappa shape index (κ3) is 11.5. The van der Waals surface area contributed by atoms with Gasteiger partial charge in [-0.3, -0.25) is 0 Å². The highest BCUT2D eigenvalue weighted by Crippen LogP contribution is 2.70. The SMILES string of the molecule is CC(CC(CC(C)(C)O[Si](C)(C)C)O[Si](C)(C)C)C1CCC2C3C(O[Si](C)(C)C)CC4CC(O[Si](C)(C)C)CCC4(C)C3CC(O[Si](C)(C)C)C12C. The van der Waals surface area contributed by atoms with Gasteiger partial charge in [-0.15, -0.1) is 0 Å². The lowest BCUT2D eigenvalue weighted by atomic mass is 9.43. The largest absolute Gasteiger partial charge is 0.415 e. The minimum absolute atomic E-state index is 0.136. The monoisotopic (exact) mass is 813 g/mol. The summed E-state index contributed by atoms with van der Waals surface area (Å²) in [6, 6.07) is 0. The minimum Gasteiger partial charge on any atom is -0.415 e. The number of rotatable bonds is 15. The second-order valence-electron chi connectivity index (χ2n) is 24.4. The van der Waals surface area contributed by atoms with Gasteiger partial charge in [0.05, 0.1) is 11.7 Å². The molecule has 0 radical (unpaired) electrons. The summed E-state index contributed by atoms with van der Waals surface area (Å²) < 4.78 is 35.7. The van der Waals surface area contributed by atoms with E-state index in [1.807, 2.05) is 0 Å². The Balaban J connectivity index is 1.72. The molecular formula is C42H88O5Si5. The summed E-state index contributed by atoms with van der Waals surface area (Å²) in [6.07, 6.45) is 12.1. The summed E-state index contributed by atoms with van der Waals surface area (Å²) in [5.41, 5.74) is 0.275. The van der Waals surface area contributed by atoms with Crippen molar-refractivity contribution in [2.24, 2.45) is 46.3 Å². The van der Waals surface area contributed by atoms with Crippen LogP contribution in [0.4, 0.5) is 0 Å². The molecule has 4 aliphatic carbocycles. The van der Waals surface area contributed by atoms with Crippen molar-refractivity contribution >= 4 is 41.6 Å². The first kappa shape index (κ1) is 45.6. The number of hydrogen-bond donors (Lipinski definition) is 0. The van der Waals surface area contributed by atoms with Gasteiger partial charge in [-0.2, -0.15) is 0 Å². The van der Waals surface area contributed by atoms with E-state index in [0.717, 1.165) is 12.8 Å². The highest BCUT2D eigenvalue weighted by atomic mass is 28.4. The van der Waals surface area contributed by atoms with E-state index in [-0.39, 0.29) is 17.1 Å². The molecule has 0 aromatic rings. The maximum Gasteiger partial charge on any atom is 0.184 e. The predicted molar refractivity (Wildman–Crippen MR) is 236 cm³/mol. The van der Waals surface area contributed by atoms with Crippen molar-refractivity contribution in [1.29, 1.82) is 0 Å². The van der Waals surface area contributed by atoms with Gasteiger partial charge in [-0.05, 0) is 216 Å². The molecule has 12 atom stereocenters. The second-order valence-corrected chi connectivity index (χ2v) is 46.6. The lowest BCUT2D eigenvalue weighted by molar-refractivity contribution is -0.199. The van der Waals surface area contributed by atoms with Crippen LogP contribution >= 0.6 is 0 Å². The van der Waals surface area contributed by atoms with Gasteiger partial charge in [0.2, 0.25) is 0 Å². The van der Waals surface area contributed by atoms with Crippen LogP contribution in [0.15, 0.2) is 0 Å². The Morgan fingerprint density at radius 2 is 1.23 bits per heavy atom. The molecule has 0 heterocycles. The zero-order valence-electron chi connectivity index (χ0n) is 38.2. The van der Waals surface area contributed by atoms with Crippen LogP contribution in [0.25, 0.3) is 0 Å². The molecule has 4 fully saturated rings. The Morgan fingerprint density at radius 3 is 1.75 bits per heavy atom. The van der Waals surface area contributed by atoms with Gasteiger partial charge in [0.1, 0.15) is 0 Å². The van der Waals surface area contributed by atoms with Crippen LogP contribution in [0, 0.1) is 46.3 Å². The summed E-state index contributed by atoms with van der Waals surface area (Å²) in [5.74, 6) is 3.74. The number of hydrogen-bond acceptors (Lipinski definition) is 5. The van der Waals surface area contributed by atoms with E-state index >= 15 is 0 Å². The summed E-state index contributed by atoms with van der Waals surface area (Å²) in [4.78, 5) is 0. The van der Waals surface area contributed by atoms with Crippen molar-refractivity contribution in [2.45, 2.75) is 221 Å². The third-order valence-corrected chi connectivity index (χ3v) is 18.7. The molecule has 4 rings (SSSR count). The fraction of sp³-hybridized carbons (Fsp3) is 1.00. The van der Waals surface area contributed by atoms with Gasteiger partial charge in [0.15, 0.2) is 41.6 Å². The van der Waals surface area contributed by atoms with Crippen molar-refractivity contribution < 1.29 is 22.1 Å². The van der Waals surface area contributed by atoms with Crippen LogP contribution < -0.4 is 0 Å². The van der Waals surface area contributed by atoms with Crippen molar-refractivity contribution in [3.05, 3.63) is 0 Å². The molecule has 0 aliphatic heterocycles. The zero-order valence-corrected chi connectivity index (χ0v) is 43.2. The van der Waals surface area contributed by atoms with E-state index in [0.29, 0.717) is 59.2 Å². The second kappa shape index (κ2) is 15.6. The Morgan fingerprint density at radius 1 is 0.654 bits per heavy atom. The topological polar surface area (TPSA) is 46.2 Å². The standard InChI is InChI=1S/C42H88O5Si5/c1-30(25-33(44-49(9,10)11)29-40(2,3)47-52(18,19)20)34-21-22-35-39-36(28-38(42(34,35)5)46-51(15,16)17)41(4)24-23-32(43-48(6,7)8)26-31(41)27-37(39)45-50(12,13)14/h30-39H,21-29H2,1-20H3. The van der Waals surface area contributed by atoms with E-state index in [2.05, 4.69) is 133 Å². The molecule has 0 saturated heterocycles. The van der Waals surface area contributed by atoms with Gasteiger partial charge in [0.25, 0.3) is 0 Å². The molecule has 0 amide bonds. The van der Waals surface area contributed by atoms with Crippen LogP contribution in [-0.4, -0.2) is 71.6 Å². The number of fused-ring (bicyclic) bond motifs is 5. The normalized spacial score (nSPS) is 37.6. The van der Waals surface area contributed by atoms with Crippen LogP contribution in [0.3, 0.4) is 0 Å². The van der Waals surface area contributed by atoms with E-state index in [4.69, 9.17) is 22.1 Å². The maximum absolute atomic E-state index is 7.54. The average molecular weight is 814 g/mol. The van der Waals surface area contributed by atoms with Gasteiger partial charge in [0, 0.05) is 18.3 Å². The third-order valence-electron chi connectivity index (χ3n) is 13.4. The molecule has 12 unspecified atom stereocenters. The first-order chi connectivity index (χ1) is 23.2. The van der Waals surface area contributed by atoms with Crippen molar-refractivity contribution in [1.82, 2.24) is 0 Å². The molecule has 0 spiro atoms. The smallest absolute Gasteiger partial charge is 0.184 e. The van der Waals surface area contributed by atoms with Crippen molar-refractivity contribution in [2.75, 3.05) is 0 Å². The molecule has 10 heteroatoms. The Labute approximate surface area is 329 Å². The summed E-state index contributed by atoms with van der Waals surface area (Å²) in [6.45, 7) is 48.4. The Hall–Kier alpha value is 0.884. The maximum atomic E-state index is 7.54. The van der Waals surface area contributed by atoms with Crippen molar-refractivity contribution in [3.63, 3.8) is 0 Å². The van der Waals surface area contributed by atoms with E-state index in [1.54, 1.807) is 0 Å². The van der Waals surface area contributed by atoms with Crippen molar-refractivity contribution in [3.8, 4) is 0 Å². The van der Waals surface area contributed by atoms with Crippen LogP contribution in [0.1, 0.15) is 92.4 Å². The molecule has 52 heavy (non-hydrogen) atoms. The van der Waals surface area contributed by atoms with E-state index in [1.165, 1.54) is 44.9 Å². The fourth-order valence-electron chi connectivity index (χ4n) is 12.5. The van der Waals surface area contributed by atoms with E-state index in [9.17, 15) is 0 Å². The fourth-order valence-corrected chi connectivity index (χ4v) is 19.0. The summed E-state index contributed by atoms with van der Waals surface area (Å²) in [5, 5.41) is 0. The molecule has 0 N–H and O–H groups in total. The van der Waals surface area contributed by atoms with Gasteiger partial charge >= 0.3 is 0 Å². The summed E-state index contributed by atoms with van der Waals surface area (Å²) in [7, 11) is -8.66. The minimum atomic E-state index is -1.82. The van der Waals surface area contributed by atoms with Gasteiger partial charge in [-0.25, -0.2) is 0 Å². The Kier molecular flexibility index (Phi) is 13.7. The quantitative estimate of drug-likeness (QED) is 0.154. The van der Waals surface area contributed by atoms with Crippen LogP contribution in [0.2, 0.25) is 98.2 Å². The molecule has 0 aromatic carbocycles. The van der Waals surface area contributed by atoms with Crippen LogP contribution in [0.5, 0.6) is 0 Å². The Bertz CT molecular complexity index is 1200. The molecule has 0 bridgehead atoms. The molecule has 5 nitrogen and oxygen atoms in total. The lowest BCUT2D eigenvalue weighted by Crippen LogP contribution is -2.64. The first-order valence-corrected chi connectivity index (χ1v) is 38.7. The molecular weight excluding hydrogens is 725 g/mol. The van der Waals surface area contributed by atoms with Gasteiger partial charge in [-0.1, -0.05) is 20.8 Å². The first-order valence-electron chi connectivity index (χ1n) is 21.6. The predicted octanol–water partition coefficient (Wildman–Crippen LogP) is 12.8. The molecule has 4 saturated carbocycles. The molecule has 0 aromatic heterocycles. The highest BCUT2D eigenvalue weighted by molar-refractivity contribution is 6.71. The zero-order chi connectivity index (χ0) is 39.7. The highest BCUT2D eigenvalue weighted by Gasteiger charge is 2.67. The average Bonchev–Trinajstić information content (AvgIpc) is 3.23. The van der Waals surface area contributed by atoms with E-state index < -0.39 is 41.6 Å². The lowest BCUT2D eigenvalue weighted by Gasteiger charge is -2.66. The van der Waals surface area contributed by atoms with Gasteiger partial charge < -0.3 is 22.1 Å². The van der Waals surface area contributed by atoms with Crippen LogP contribution in [-0.2, 0) is 22.1 Å². The molecule has 306 valence electrons.